The molecule has 2 heterocycles. The van der Waals surface area contributed by atoms with Gasteiger partial charge in [0.15, 0.2) is 6.29 Å². The van der Waals surface area contributed by atoms with E-state index in [0.717, 1.165) is 6.20 Å². The summed E-state index contributed by atoms with van der Waals surface area (Å²) in [6.07, 6.45) is -2.64. The summed E-state index contributed by atoms with van der Waals surface area (Å²) in [5, 5.41) is 0. The zero-order valence-electron chi connectivity index (χ0n) is 8.78. The monoisotopic (exact) mass is 248 g/mol. The summed E-state index contributed by atoms with van der Waals surface area (Å²) in [6, 6.07) is -0.738. The molecule has 0 aliphatic carbocycles. The van der Waals surface area contributed by atoms with Crippen molar-refractivity contribution >= 4 is 0 Å². The fourth-order valence-electron chi connectivity index (χ4n) is 1.52. The molecular weight excluding hydrogens is 237 g/mol. The number of pyridine rings is 1. The minimum Gasteiger partial charge on any atom is -0.346 e. The molecule has 1 aliphatic heterocycles. The van der Waals surface area contributed by atoms with E-state index in [1.54, 1.807) is 0 Å². The summed E-state index contributed by atoms with van der Waals surface area (Å²) < 4.78 is 47.6. The van der Waals surface area contributed by atoms with Gasteiger partial charge in [-0.05, 0) is 11.6 Å². The number of nitrogens with two attached hydrogens (primary N) is 1. The lowest BCUT2D eigenvalue weighted by Gasteiger charge is -2.17. The van der Waals surface area contributed by atoms with Crippen molar-refractivity contribution < 1.29 is 22.6 Å². The van der Waals surface area contributed by atoms with E-state index in [0.29, 0.717) is 18.8 Å². The molecule has 1 saturated heterocycles. The van der Waals surface area contributed by atoms with Crippen molar-refractivity contribution in [1.82, 2.24) is 4.98 Å². The predicted molar refractivity (Wildman–Crippen MR) is 51.9 cm³/mol. The van der Waals surface area contributed by atoms with Crippen LogP contribution >= 0.6 is 0 Å². The quantitative estimate of drug-likeness (QED) is 0.865. The molecule has 0 radical (unpaired) electrons. The van der Waals surface area contributed by atoms with E-state index < -0.39 is 18.5 Å². The van der Waals surface area contributed by atoms with Crippen LogP contribution in [-0.2, 0) is 9.47 Å². The Balaban J connectivity index is 2.22. The standard InChI is InChI=1S/C10H11F3N2O2/c11-10(12,13)8(14)6-3-7(5-15-4-6)9-16-1-2-17-9/h3-5,8-9H,1-2,14H2. The van der Waals surface area contributed by atoms with Gasteiger partial charge < -0.3 is 15.2 Å². The molecule has 1 aromatic rings. The maximum atomic E-state index is 12.4. The van der Waals surface area contributed by atoms with Crippen LogP contribution in [0.15, 0.2) is 18.5 Å². The van der Waals surface area contributed by atoms with Crippen LogP contribution in [0.25, 0.3) is 0 Å². The zero-order chi connectivity index (χ0) is 12.5. The topological polar surface area (TPSA) is 57.4 Å². The summed E-state index contributed by atoms with van der Waals surface area (Å²) in [5.41, 5.74) is 5.43. The third kappa shape index (κ3) is 2.74. The Bertz CT molecular complexity index is 391. The molecule has 0 bridgehead atoms. The van der Waals surface area contributed by atoms with Crippen molar-refractivity contribution in [3.63, 3.8) is 0 Å². The summed E-state index contributed by atoms with van der Waals surface area (Å²) in [4.78, 5) is 3.72. The highest BCUT2D eigenvalue weighted by molar-refractivity contribution is 5.23. The number of halogens is 3. The molecule has 0 saturated carbocycles. The SMILES string of the molecule is NC(c1cncc(C2OCCO2)c1)C(F)(F)F. The van der Waals surface area contributed by atoms with Crippen molar-refractivity contribution in [1.29, 1.82) is 0 Å². The summed E-state index contributed by atoms with van der Waals surface area (Å²) in [5.74, 6) is 0. The third-order valence-corrected chi connectivity index (χ3v) is 2.39. The van der Waals surface area contributed by atoms with Crippen molar-refractivity contribution in [3.05, 3.63) is 29.6 Å². The second-order valence-corrected chi connectivity index (χ2v) is 3.64. The Hall–Kier alpha value is -1.18. The fourth-order valence-corrected chi connectivity index (χ4v) is 1.52. The van der Waals surface area contributed by atoms with Crippen LogP contribution in [0.5, 0.6) is 0 Å². The summed E-state index contributed by atoms with van der Waals surface area (Å²) in [6.45, 7) is 0.834. The van der Waals surface area contributed by atoms with Crippen LogP contribution in [0.3, 0.4) is 0 Å². The number of nitrogens with zero attached hydrogens (tertiary/aromatic N) is 1. The Kier molecular flexibility index (Phi) is 3.32. The lowest BCUT2D eigenvalue weighted by molar-refractivity contribution is -0.149. The first kappa shape index (κ1) is 12.3. The number of ether oxygens (including phenoxy) is 2. The van der Waals surface area contributed by atoms with E-state index in [1.807, 2.05) is 0 Å². The van der Waals surface area contributed by atoms with Gasteiger partial charge in [-0.3, -0.25) is 4.98 Å². The number of hydrogen-bond donors (Lipinski definition) is 1. The summed E-state index contributed by atoms with van der Waals surface area (Å²) >= 11 is 0. The minimum atomic E-state index is -4.49. The van der Waals surface area contributed by atoms with Crippen LogP contribution < -0.4 is 5.73 Å². The second-order valence-electron chi connectivity index (χ2n) is 3.64. The molecule has 0 aromatic carbocycles. The van der Waals surface area contributed by atoms with E-state index in [-0.39, 0.29) is 5.56 Å². The molecule has 1 atom stereocenters. The van der Waals surface area contributed by atoms with Gasteiger partial charge in [-0.15, -0.1) is 0 Å². The number of alkyl halides is 3. The predicted octanol–water partition coefficient (Wildman–Crippen LogP) is 1.69. The third-order valence-electron chi connectivity index (χ3n) is 2.39. The largest absolute Gasteiger partial charge is 0.407 e. The molecule has 1 aromatic heterocycles. The van der Waals surface area contributed by atoms with Crippen LogP contribution in [0.2, 0.25) is 0 Å². The highest BCUT2D eigenvalue weighted by atomic mass is 19.4. The number of aromatic nitrogens is 1. The van der Waals surface area contributed by atoms with Gasteiger partial charge in [0, 0.05) is 18.0 Å². The van der Waals surface area contributed by atoms with Gasteiger partial charge in [0.2, 0.25) is 0 Å². The Morgan fingerprint density at radius 1 is 1.29 bits per heavy atom. The molecule has 2 rings (SSSR count). The van der Waals surface area contributed by atoms with E-state index >= 15 is 0 Å². The van der Waals surface area contributed by atoms with Gasteiger partial charge in [-0.25, -0.2) is 0 Å². The first-order valence-corrected chi connectivity index (χ1v) is 4.99. The molecule has 7 heteroatoms. The molecule has 94 valence electrons. The van der Waals surface area contributed by atoms with Crippen LogP contribution in [0.1, 0.15) is 23.5 Å². The lowest BCUT2D eigenvalue weighted by atomic mass is 10.1. The molecular formula is C10H11F3N2O2. The van der Waals surface area contributed by atoms with Crippen LogP contribution in [0.4, 0.5) is 13.2 Å². The van der Waals surface area contributed by atoms with Crippen LogP contribution in [-0.4, -0.2) is 24.4 Å². The Morgan fingerprint density at radius 3 is 2.53 bits per heavy atom. The number of rotatable bonds is 2. The number of hydrogen-bond acceptors (Lipinski definition) is 4. The highest BCUT2D eigenvalue weighted by Gasteiger charge is 2.38. The van der Waals surface area contributed by atoms with E-state index in [4.69, 9.17) is 15.2 Å². The fraction of sp³-hybridized carbons (Fsp3) is 0.500. The smallest absolute Gasteiger partial charge is 0.346 e. The lowest BCUT2D eigenvalue weighted by Crippen LogP contribution is -2.28. The first-order valence-electron chi connectivity index (χ1n) is 4.99. The van der Waals surface area contributed by atoms with Gasteiger partial charge >= 0.3 is 6.18 Å². The molecule has 17 heavy (non-hydrogen) atoms. The average Bonchev–Trinajstić information content (AvgIpc) is 2.80. The van der Waals surface area contributed by atoms with Crippen LogP contribution in [0, 0.1) is 0 Å². The van der Waals surface area contributed by atoms with Crippen molar-refractivity contribution in [2.45, 2.75) is 18.5 Å². The van der Waals surface area contributed by atoms with Crippen molar-refractivity contribution in [2.24, 2.45) is 5.73 Å². The van der Waals surface area contributed by atoms with E-state index in [1.165, 1.54) is 12.3 Å². The molecule has 1 unspecified atom stereocenters. The summed E-state index contributed by atoms with van der Waals surface area (Å²) in [7, 11) is 0. The second kappa shape index (κ2) is 4.59. The van der Waals surface area contributed by atoms with Gasteiger partial charge in [0.1, 0.15) is 6.04 Å². The van der Waals surface area contributed by atoms with E-state index in [9.17, 15) is 13.2 Å². The van der Waals surface area contributed by atoms with Gasteiger partial charge in [-0.1, -0.05) is 0 Å². The average molecular weight is 248 g/mol. The normalized spacial score (nSPS) is 19.5. The molecule has 1 aliphatic rings. The van der Waals surface area contributed by atoms with Gasteiger partial charge in [0.05, 0.1) is 13.2 Å². The van der Waals surface area contributed by atoms with Crippen molar-refractivity contribution in [3.8, 4) is 0 Å². The minimum absolute atomic E-state index is 0.103. The van der Waals surface area contributed by atoms with Gasteiger partial charge in [0.25, 0.3) is 0 Å². The molecule has 4 nitrogen and oxygen atoms in total. The zero-order valence-corrected chi connectivity index (χ0v) is 8.78. The molecule has 2 N–H and O–H groups in total. The Morgan fingerprint density at radius 2 is 1.94 bits per heavy atom. The molecule has 0 amide bonds. The van der Waals surface area contributed by atoms with Gasteiger partial charge in [-0.2, -0.15) is 13.2 Å². The Labute approximate surface area is 95.5 Å². The maximum absolute atomic E-state index is 12.4. The maximum Gasteiger partial charge on any atom is 0.407 e. The first-order chi connectivity index (χ1) is 7.98. The van der Waals surface area contributed by atoms with E-state index in [2.05, 4.69) is 4.98 Å². The molecule has 0 spiro atoms. The molecule has 1 fully saturated rings. The van der Waals surface area contributed by atoms with Crippen molar-refractivity contribution in [2.75, 3.05) is 13.2 Å². The highest BCUT2D eigenvalue weighted by Crippen LogP contribution is 2.32.